The molecule has 0 N–H and O–H groups in total. The maximum Gasteiger partial charge on any atom is 0.424 e. The lowest BCUT2D eigenvalue weighted by Crippen LogP contribution is -2.46. The Hall–Kier alpha value is -0.770. The summed E-state index contributed by atoms with van der Waals surface area (Å²) in [5.74, 6) is 0. The highest BCUT2D eigenvalue weighted by atomic mass is 16.5. The first kappa shape index (κ1) is 11.2. The van der Waals surface area contributed by atoms with E-state index in [-0.39, 0.29) is 6.09 Å². The van der Waals surface area contributed by atoms with Crippen LogP contribution in [0.5, 0.6) is 0 Å². The van der Waals surface area contributed by atoms with Crippen LogP contribution in [-0.2, 0) is 4.74 Å². The Morgan fingerprint density at radius 2 is 1.67 bits per heavy atom. The Balaban J connectivity index is 4.19. The average molecular weight is 174 g/mol. The van der Waals surface area contributed by atoms with Gasteiger partial charge in [-0.05, 0) is 6.92 Å². The third-order valence-electron chi connectivity index (χ3n) is 1.76. The molecule has 0 saturated carbocycles. The van der Waals surface area contributed by atoms with Crippen molar-refractivity contribution in [2.45, 2.75) is 20.8 Å². The first-order valence-electron chi connectivity index (χ1n) is 4.31. The number of hydrogen-bond donors (Lipinski definition) is 0. The van der Waals surface area contributed by atoms with E-state index in [0.29, 0.717) is 6.54 Å². The predicted octanol–water partition coefficient (Wildman–Crippen LogP) is 1.33. The minimum atomic E-state index is -0.291. The van der Waals surface area contributed by atoms with E-state index in [1.807, 2.05) is 25.8 Å². The summed E-state index contributed by atoms with van der Waals surface area (Å²) in [5, 5.41) is 3.53. The van der Waals surface area contributed by atoms with Crippen molar-refractivity contribution in [2.75, 3.05) is 26.7 Å². The van der Waals surface area contributed by atoms with Gasteiger partial charge in [0.25, 0.3) is 0 Å². The quantitative estimate of drug-likeness (QED) is 0.603. The lowest BCUT2D eigenvalue weighted by atomic mass is 10.6. The molecule has 4 nitrogen and oxygen atoms in total. The van der Waals surface area contributed by atoms with Gasteiger partial charge in [-0.25, -0.2) is 14.8 Å². The van der Waals surface area contributed by atoms with E-state index < -0.39 is 0 Å². The van der Waals surface area contributed by atoms with E-state index in [0.717, 1.165) is 13.1 Å². The average Bonchev–Trinajstić information content (AvgIpc) is 2.12. The lowest BCUT2D eigenvalue weighted by molar-refractivity contribution is -0.00540. The summed E-state index contributed by atoms with van der Waals surface area (Å²) in [7, 11) is 1.40. The zero-order valence-electron chi connectivity index (χ0n) is 8.33. The van der Waals surface area contributed by atoms with Crippen molar-refractivity contribution in [1.82, 2.24) is 10.0 Å². The fourth-order valence-corrected chi connectivity index (χ4v) is 1.11. The Bertz CT molecular complexity index is 135. The normalized spacial score (nSPS) is 10.1. The molecule has 0 aromatic carbocycles. The van der Waals surface area contributed by atoms with Gasteiger partial charge in [0, 0.05) is 19.6 Å². The van der Waals surface area contributed by atoms with Gasteiger partial charge >= 0.3 is 6.09 Å². The van der Waals surface area contributed by atoms with Gasteiger partial charge in [0.2, 0.25) is 0 Å². The summed E-state index contributed by atoms with van der Waals surface area (Å²) in [6, 6.07) is 0. The minimum Gasteiger partial charge on any atom is -0.452 e. The Morgan fingerprint density at radius 3 is 1.92 bits per heavy atom. The summed E-state index contributed by atoms with van der Waals surface area (Å²) in [6.45, 7) is 8.23. The molecule has 0 radical (unpaired) electrons. The number of carbonyl (C=O) groups excluding carboxylic acids is 1. The molecule has 0 bridgehead atoms. The Labute approximate surface area is 74.1 Å². The van der Waals surface area contributed by atoms with E-state index in [1.54, 1.807) is 5.01 Å². The molecule has 0 aromatic heterocycles. The Kier molecular flexibility index (Phi) is 5.45. The smallest absolute Gasteiger partial charge is 0.424 e. The third kappa shape index (κ3) is 2.70. The molecule has 0 spiro atoms. The summed E-state index contributed by atoms with van der Waals surface area (Å²) in [4.78, 5) is 11.2. The first-order chi connectivity index (χ1) is 5.71. The van der Waals surface area contributed by atoms with Crippen LogP contribution in [-0.4, -0.2) is 42.9 Å². The van der Waals surface area contributed by atoms with Crippen molar-refractivity contribution in [2.24, 2.45) is 0 Å². The molecule has 0 heterocycles. The number of carbonyl (C=O) groups is 1. The molecule has 0 unspecified atom stereocenters. The highest BCUT2D eigenvalue weighted by molar-refractivity contribution is 5.66. The number of ether oxygens (including phenoxy) is 1. The highest BCUT2D eigenvalue weighted by Crippen LogP contribution is 1.99. The molecule has 0 aromatic rings. The number of rotatable bonds is 4. The molecule has 0 saturated heterocycles. The van der Waals surface area contributed by atoms with Crippen molar-refractivity contribution in [3.8, 4) is 0 Å². The molecular formula is C8H18N2O2. The fourth-order valence-electron chi connectivity index (χ4n) is 1.11. The van der Waals surface area contributed by atoms with Gasteiger partial charge in [-0.3, -0.25) is 0 Å². The SMILES string of the molecule is CCN(CC)N(CC)C(=O)OC. The van der Waals surface area contributed by atoms with Crippen molar-refractivity contribution < 1.29 is 9.53 Å². The van der Waals surface area contributed by atoms with Crippen molar-refractivity contribution in [3.05, 3.63) is 0 Å². The van der Waals surface area contributed by atoms with Crippen LogP contribution in [0.3, 0.4) is 0 Å². The number of amides is 1. The molecule has 72 valence electrons. The van der Waals surface area contributed by atoms with Crippen molar-refractivity contribution in [3.63, 3.8) is 0 Å². The van der Waals surface area contributed by atoms with Gasteiger partial charge in [-0.15, -0.1) is 0 Å². The fraction of sp³-hybridized carbons (Fsp3) is 0.875. The molecule has 4 heteroatoms. The van der Waals surface area contributed by atoms with Crippen LogP contribution in [0.1, 0.15) is 20.8 Å². The molecule has 0 rings (SSSR count). The van der Waals surface area contributed by atoms with E-state index in [2.05, 4.69) is 4.74 Å². The summed E-state index contributed by atoms with van der Waals surface area (Å²) in [6.07, 6.45) is -0.291. The molecular weight excluding hydrogens is 156 g/mol. The van der Waals surface area contributed by atoms with Crippen LogP contribution in [0.4, 0.5) is 4.79 Å². The van der Waals surface area contributed by atoms with Crippen LogP contribution in [0.15, 0.2) is 0 Å². The largest absolute Gasteiger partial charge is 0.452 e. The number of nitrogens with zero attached hydrogens (tertiary/aromatic N) is 2. The monoisotopic (exact) mass is 174 g/mol. The van der Waals surface area contributed by atoms with Crippen LogP contribution < -0.4 is 0 Å². The second-order valence-electron chi connectivity index (χ2n) is 2.32. The van der Waals surface area contributed by atoms with E-state index in [4.69, 9.17) is 0 Å². The van der Waals surface area contributed by atoms with Crippen LogP contribution >= 0.6 is 0 Å². The standard InChI is InChI=1S/C8H18N2O2/c1-5-9(6-2)10(7-3)8(11)12-4/h5-7H2,1-4H3. The second kappa shape index (κ2) is 5.83. The first-order valence-corrected chi connectivity index (χ1v) is 4.31. The molecule has 0 aliphatic carbocycles. The third-order valence-corrected chi connectivity index (χ3v) is 1.76. The van der Waals surface area contributed by atoms with E-state index >= 15 is 0 Å². The molecule has 1 amide bonds. The van der Waals surface area contributed by atoms with Gasteiger partial charge < -0.3 is 4.74 Å². The van der Waals surface area contributed by atoms with Crippen LogP contribution in [0, 0.1) is 0 Å². The maximum absolute atomic E-state index is 11.2. The summed E-state index contributed by atoms with van der Waals surface area (Å²) >= 11 is 0. The number of methoxy groups -OCH3 is 1. The molecule has 12 heavy (non-hydrogen) atoms. The molecule has 0 aliphatic heterocycles. The number of hydrogen-bond acceptors (Lipinski definition) is 3. The molecule has 0 atom stereocenters. The van der Waals surface area contributed by atoms with Crippen molar-refractivity contribution in [1.29, 1.82) is 0 Å². The van der Waals surface area contributed by atoms with E-state index in [9.17, 15) is 4.79 Å². The zero-order chi connectivity index (χ0) is 9.56. The summed E-state index contributed by atoms with van der Waals surface area (Å²) < 4.78 is 4.63. The minimum absolute atomic E-state index is 0.291. The van der Waals surface area contributed by atoms with Gasteiger partial charge in [0.1, 0.15) is 0 Å². The second-order valence-corrected chi connectivity index (χ2v) is 2.32. The lowest BCUT2D eigenvalue weighted by Gasteiger charge is -2.30. The summed E-state index contributed by atoms with van der Waals surface area (Å²) in [5.41, 5.74) is 0. The molecule has 0 fully saturated rings. The number of hydrazine groups is 1. The van der Waals surface area contributed by atoms with Crippen LogP contribution in [0.2, 0.25) is 0 Å². The van der Waals surface area contributed by atoms with Gasteiger partial charge in [0.05, 0.1) is 7.11 Å². The van der Waals surface area contributed by atoms with E-state index in [1.165, 1.54) is 7.11 Å². The van der Waals surface area contributed by atoms with Gasteiger partial charge in [-0.2, -0.15) is 0 Å². The maximum atomic E-state index is 11.2. The van der Waals surface area contributed by atoms with Gasteiger partial charge in [0.15, 0.2) is 0 Å². The van der Waals surface area contributed by atoms with Crippen LogP contribution in [0.25, 0.3) is 0 Å². The van der Waals surface area contributed by atoms with Gasteiger partial charge in [-0.1, -0.05) is 13.8 Å². The predicted molar refractivity (Wildman–Crippen MR) is 47.7 cm³/mol. The molecule has 0 aliphatic rings. The topological polar surface area (TPSA) is 32.8 Å². The Morgan fingerprint density at radius 1 is 1.17 bits per heavy atom. The van der Waals surface area contributed by atoms with Crippen molar-refractivity contribution >= 4 is 6.09 Å². The zero-order valence-corrected chi connectivity index (χ0v) is 8.33. The highest BCUT2D eigenvalue weighted by Gasteiger charge is 2.16.